The second-order valence-corrected chi connectivity index (χ2v) is 6.38. The highest BCUT2D eigenvalue weighted by Gasteiger charge is 2.24. The van der Waals surface area contributed by atoms with Crippen molar-refractivity contribution < 1.29 is 9.84 Å². The van der Waals surface area contributed by atoms with Gasteiger partial charge in [-0.1, -0.05) is 47.5 Å². The molecule has 0 aromatic rings. The molecule has 1 N–H and O–H groups in total. The predicted molar refractivity (Wildman–Crippen MR) is 86.8 cm³/mol. The number of ether oxygens (including phenoxy) is 1. The summed E-state index contributed by atoms with van der Waals surface area (Å²) in [6.45, 7) is 13.6. The van der Waals surface area contributed by atoms with E-state index in [1.165, 1.54) is 6.42 Å². The molecule has 0 aliphatic rings. The van der Waals surface area contributed by atoms with E-state index < -0.39 is 0 Å². The quantitative estimate of drug-likeness (QED) is 0.555. The summed E-state index contributed by atoms with van der Waals surface area (Å²) in [4.78, 5) is 2.14. The second kappa shape index (κ2) is 11.5. The lowest BCUT2D eigenvalue weighted by molar-refractivity contribution is -0.0527. The summed E-state index contributed by atoms with van der Waals surface area (Å²) in [5, 5.41) is 10.6. The molecule has 0 heterocycles. The molecule has 0 aromatic carbocycles. The van der Waals surface area contributed by atoms with Crippen LogP contribution in [0.3, 0.4) is 0 Å². The fraction of sp³-hybridized carbons (Fsp3) is 1.00. The van der Waals surface area contributed by atoms with Gasteiger partial charge in [0.2, 0.25) is 0 Å². The normalized spacial score (nSPS) is 16.6. The molecule has 0 rings (SSSR count). The molecule has 0 radical (unpaired) electrons. The van der Waals surface area contributed by atoms with Crippen molar-refractivity contribution in [1.29, 1.82) is 0 Å². The molecule has 122 valence electrons. The highest BCUT2D eigenvalue weighted by atomic mass is 16.5. The zero-order valence-corrected chi connectivity index (χ0v) is 14.6. The van der Waals surface area contributed by atoms with Crippen molar-refractivity contribution in [3.8, 4) is 0 Å². The average Bonchev–Trinajstić information content (AvgIpc) is 2.43. The molecule has 0 bridgehead atoms. The minimum absolute atomic E-state index is 0.325. The molecular weight excluding hydrogens is 250 g/mol. The number of aliphatic hydroxyl groups is 1. The van der Waals surface area contributed by atoms with Crippen molar-refractivity contribution in [1.82, 2.24) is 4.90 Å². The lowest BCUT2D eigenvalue weighted by Crippen LogP contribution is -2.42. The van der Waals surface area contributed by atoms with Gasteiger partial charge < -0.3 is 9.84 Å². The van der Waals surface area contributed by atoms with Crippen molar-refractivity contribution in [2.45, 2.75) is 66.5 Å². The molecular formula is C17H37NO2. The van der Waals surface area contributed by atoms with E-state index in [9.17, 15) is 5.11 Å². The van der Waals surface area contributed by atoms with Crippen LogP contribution in [0.25, 0.3) is 0 Å². The predicted octanol–water partition coefficient (Wildman–Crippen LogP) is 3.76. The summed E-state index contributed by atoms with van der Waals surface area (Å²) in [5.41, 5.74) is 0. The molecule has 0 saturated heterocycles. The van der Waals surface area contributed by atoms with Gasteiger partial charge in [0.1, 0.15) is 6.23 Å². The Hall–Kier alpha value is -0.120. The first kappa shape index (κ1) is 19.9. The van der Waals surface area contributed by atoms with Crippen molar-refractivity contribution in [3.05, 3.63) is 0 Å². The molecule has 0 amide bonds. The Bertz CT molecular complexity index is 221. The maximum absolute atomic E-state index is 10.6. The number of rotatable bonds is 12. The maximum Gasteiger partial charge on any atom is 0.110 e. The van der Waals surface area contributed by atoms with E-state index >= 15 is 0 Å². The van der Waals surface area contributed by atoms with E-state index in [1.54, 1.807) is 7.11 Å². The number of likely N-dealkylation sites (N-methyl/N-ethyl adjacent to an activating group) is 1. The summed E-state index contributed by atoms with van der Waals surface area (Å²) in [6.07, 6.45) is 4.25. The van der Waals surface area contributed by atoms with Crippen LogP contribution in [0.15, 0.2) is 0 Å². The van der Waals surface area contributed by atoms with E-state index in [0.29, 0.717) is 12.5 Å². The number of hydrogen-bond donors (Lipinski definition) is 1. The first-order chi connectivity index (χ1) is 9.47. The Kier molecular flexibility index (Phi) is 11.5. The second-order valence-electron chi connectivity index (χ2n) is 6.38. The van der Waals surface area contributed by atoms with Crippen molar-refractivity contribution >= 4 is 0 Å². The molecule has 3 nitrogen and oxygen atoms in total. The van der Waals surface area contributed by atoms with Crippen LogP contribution in [0, 0.1) is 17.8 Å². The van der Waals surface area contributed by atoms with Crippen LogP contribution in [0.2, 0.25) is 0 Å². The third-order valence-corrected chi connectivity index (χ3v) is 4.57. The first-order valence-electron chi connectivity index (χ1n) is 8.38. The third-order valence-electron chi connectivity index (χ3n) is 4.57. The Morgan fingerprint density at radius 2 is 1.70 bits per heavy atom. The van der Waals surface area contributed by atoms with E-state index in [-0.39, 0.29) is 6.23 Å². The SMILES string of the molecule is CCCC(CCC(C)C(C)C)C(O)N(CC)CCOC. The van der Waals surface area contributed by atoms with E-state index in [2.05, 4.69) is 39.5 Å². The van der Waals surface area contributed by atoms with Gasteiger partial charge in [0.15, 0.2) is 0 Å². The van der Waals surface area contributed by atoms with Crippen molar-refractivity contribution in [2.75, 3.05) is 26.8 Å². The zero-order chi connectivity index (χ0) is 15.5. The topological polar surface area (TPSA) is 32.7 Å². The highest BCUT2D eigenvalue weighted by molar-refractivity contribution is 4.72. The Labute approximate surface area is 126 Å². The number of nitrogens with zero attached hydrogens (tertiary/aromatic N) is 1. The van der Waals surface area contributed by atoms with Gasteiger partial charge in [-0.2, -0.15) is 0 Å². The van der Waals surface area contributed by atoms with Crippen LogP contribution in [0.5, 0.6) is 0 Å². The van der Waals surface area contributed by atoms with Crippen LogP contribution in [-0.4, -0.2) is 43.0 Å². The summed E-state index contributed by atoms with van der Waals surface area (Å²) >= 11 is 0. The molecule has 0 aromatic heterocycles. The van der Waals surface area contributed by atoms with Gasteiger partial charge in [0.05, 0.1) is 6.61 Å². The van der Waals surface area contributed by atoms with Gasteiger partial charge in [0, 0.05) is 13.7 Å². The summed E-state index contributed by atoms with van der Waals surface area (Å²) in [7, 11) is 1.72. The molecule has 0 saturated carbocycles. The van der Waals surface area contributed by atoms with Crippen LogP contribution < -0.4 is 0 Å². The molecule has 0 aliphatic carbocycles. The maximum atomic E-state index is 10.6. The smallest absolute Gasteiger partial charge is 0.110 e. The summed E-state index contributed by atoms with van der Waals surface area (Å²) in [6, 6.07) is 0. The lowest BCUT2D eigenvalue weighted by Gasteiger charge is -2.33. The van der Waals surface area contributed by atoms with Gasteiger partial charge in [0.25, 0.3) is 0 Å². The molecule has 3 atom stereocenters. The van der Waals surface area contributed by atoms with Crippen LogP contribution in [0.1, 0.15) is 60.3 Å². The van der Waals surface area contributed by atoms with Gasteiger partial charge in [-0.25, -0.2) is 0 Å². The molecule has 3 heteroatoms. The van der Waals surface area contributed by atoms with Gasteiger partial charge in [-0.3, -0.25) is 4.90 Å². The van der Waals surface area contributed by atoms with Crippen molar-refractivity contribution in [3.63, 3.8) is 0 Å². The van der Waals surface area contributed by atoms with E-state index in [0.717, 1.165) is 44.2 Å². The summed E-state index contributed by atoms with van der Waals surface area (Å²) < 4.78 is 5.14. The minimum Gasteiger partial charge on any atom is -0.383 e. The largest absolute Gasteiger partial charge is 0.383 e. The molecule has 20 heavy (non-hydrogen) atoms. The standard InChI is InChI=1S/C17H37NO2/c1-7-9-16(11-10-15(5)14(3)4)17(19)18(8-2)12-13-20-6/h14-17,19H,7-13H2,1-6H3. The molecule has 0 fully saturated rings. The van der Waals surface area contributed by atoms with Crippen LogP contribution in [0.4, 0.5) is 0 Å². The Morgan fingerprint density at radius 3 is 2.15 bits per heavy atom. The fourth-order valence-electron chi connectivity index (χ4n) is 2.61. The molecule has 3 unspecified atom stereocenters. The summed E-state index contributed by atoms with van der Waals surface area (Å²) in [5.74, 6) is 1.85. The van der Waals surface area contributed by atoms with Gasteiger partial charge in [-0.05, 0) is 37.1 Å². The fourth-order valence-corrected chi connectivity index (χ4v) is 2.61. The third kappa shape index (κ3) is 7.61. The van der Waals surface area contributed by atoms with Crippen LogP contribution >= 0.6 is 0 Å². The van der Waals surface area contributed by atoms with E-state index in [1.807, 2.05) is 0 Å². The Balaban J connectivity index is 4.45. The molecule has 0 aliphatic heterocycles. The monoisotopic (exact) mass is 287 g/mol. The average molecular weight is 287 g/mol. The number of methoxy groups -OCH3 is 1. The van der Waals surface area contributed by atoms with Gasteiger partial charge in [-0.15, -0.1) is 0 Å². The lowest BCUT2D eigenvalue weighted by atomic mass is 9.87. The highest BCUT2D eigenvalue weighted by Crippen LogP contribution is 2.25. The molecule has 0 spiro atoms. The van der Waals surface area contributed by atoms with E-state index in [4.69, 9.17) is 4.74 Å². The zero-order valence-electron chi connectivity index (χ0n) is 14.6. The first-order valence-corrected chi connectivity index (χ1v) is 8.38. The number of hydrogen-bond acceptors (Lipinski definition) is 3. The van der Waals surface area contributed by atoms with Gasteiger partial charge >= 0.3 is 0 Å². The van der Waals surface area contributed by atoms with Crippen LogP contribution in [-0.2, 0) is 4.74 Å². The van der Waals surface area contributed by atoms with Crippen molar-refractivity contribution in [2.24, 2.45) is 17.8 Å². The Morgan fingerprint density at radius 1 is 1.05 bits per heavy atom. The number of aliphatic hydroxyl groups excluding tert-OH is 1. The minimum atomic E-state index is -0.325.